The van der Waals surface area contributed by atoms with E-state index in [1.54, 1.807) is 0 Å². The van der Waals surface area contributed by atoms with Crippen LogP contribution in [0, 0.1) is 0 Å². The van der Waals surface area contributed by atoms with Gasteiger partial charge in [0.1, 0.15) is 0 Å². The summed E-state index contributed by atoms with van der Waals surface area (Å²) in [6.07, 6.45) is 2.77. The molecule has 6 heteroatoms. The normalized spacial score (nSPS) is 24.3. The van der Waals surface area contributed by atoms with Crippen molar-refractivity contribution in [2.75, 3.05) is 59.0 Å². The molecule has 2 aliphatic rings. The average molecular weight is 341 g/mol. The molecule has 24 heavy (non-hydrogen) atoms. The van der Waals surface area contributed by atoms with Crippen molar-refractivity contribution in [1.82, 2.24) is 14.7 Å². The number of carbonyl (C=O) groups is 1. The molecule has 0 saturated carbocycles. The summed E-state index contributed by atoms with van der Waals surface area (Å²) in [6.45, 7) is 14.9. The van der Waals surface area contributed by atoms with Gasteiger partial charge in [0.05, 0.1) is 12.7 Å². The Morgan fingerprint density at radius 2 is 1.83 bits per heavy atom. The van der Waals surface area contributed by atoms with Gasteiger partial charge < -0.3 is 15.4 Å². The van der Waals surface area contributed by atoms with E-state index >= 15 is 0 Å². The highest BCUT2D eigenvalue weighted by molar-refractivity contribution is 5.76. The van der Waals surface area contributed by atoms with Gasteiger partial charge in [-0.15, -0.1) is 0 Å². The number of hydrogen-bond acceptors (Lipinski definition) is 5. The third-order valence-electron chi connectivity index (χ3n) is 5.12. The first kappa shape index (κ1) is 19.6. The Labute approximate surface area is 147 Å². The smallest absolute Gasteiger partial charge is 0.222 e. The molecule has 1 amide bonds. The molecule has 0 bridgehead atoms. The topological polar surface area (TPSA) is 62.0 Å². The van der Waals surface area contributed by atoms with Crippen molar-refractivity contribution in [3.63, 3.8) is 0 Å². The molecule has 0 spiro atoms. The van der Waals surface area contributed by atoms with Crippen molar-refractivity contribution < 1.29 is 9.53 Å². The standard InChI is InChI=1S/C18H36N4O2/c1-18(2,3)22-12-13-24-16(15-22)14-20-8-10-21(11-9-20)17(23)6-4-5-7-19/h16H,4-15,19H2,1-3H3. The van der Waals surface area contributed by atoms with Crippen molar-refractivity contribution in [3.8, 4) is 0 Å². The quantitative estimate of drug-likeness (QED) is 0.723. The fourth-order valence-electron chi connectivity index (χ4n) is 3.49. The summed E-state index contributed by atoms with van der Waals surface area (Å²) >= 11 is 0. The lowest BCUT2D eigenvalue weighted by molar-refractivity contribution is -0.133. The highest BCUT2D eigenvalue weighted by Crippen LogP contribution is 2.18. The van der Waals surface area contributed by atoms with E-state index in [2.05, 4.69) is 30.6 Å². The maximum Gasteiger partial charge on any atom is 0.222 e. The van der Waals surface area contributed by atoms with Crippen LogP contribution in [0.15, 0.2) is 0 Å². The maximum absolute atomic E-state index is 12.2. The molecular formula is C18H36N4O2. The van der Waals surface area contributed by atoms with E-state index in [0.29, 0.717) is 13.0 Å². The van der Waals surface area contributed by atoms with Crippen molar-refractivity contribution in [3.05, 3.63) is 0 Å². The summed E-state index contributed by atoms with van der Waals surface area (Å²) in [7, 11) is 0. The minimum absolute atomic E-state index is 0.205. The van der Waals surface area contributed by atoms with Gasteiger partial charge in [0.2, 0.25) is 5.91 Å². The zero-order valence-electron chi connectivity index (χ0n) is 15.8. The SMILES string of the molecule is CC(C)(C)N1CCOC(CN2CCN(C(=O)CCCCN)CC2)C1. The van der Waals surface area contributed by atoms with Gasteiger partial charge in [-0.3, -0.25) is 14.6 Å². The van der Waals surface area contributed by atoms with Crippen LogP contribution in [0.2, 0.25) is 0 Å². The molecule has 2 fully saturated rings. The van der Waals surface area contributed by atoms with Crippen molar-refractivity contribution in [1.29, 1.82) is 0 Å². The van der Waals surface area contributed by atoms with Crippen LogP contribution in [0.25, 0.3) is 0 Å². The summed E-state index contributed by atoms with van der Waals surface area (Å²) < 4.78 is 5.97. The van der Waals surface area contributed by atoms with Gasteiger partial charge in [-0.1, -0.05) is 0 Å². The molecule has 2 aliphatic heterocycles. The maximum atomic E-state index is 12.2. The molecule has 140 valence electrons. The monoisotopic (exact) mass is 340 g/mol. The number of unbranched alkanes of at least 4 members (excludes halogenated alkanes) is 1. The molecule has 1 atom stereocenters. The second-order valence-corrected chi connectivity index (χ2v) is 8.04. The zero-order chi connectivity index (χ0) is 17.6. The molecule has 0 aliphatic carbocycles. The Hall–Kier alpha value is -0.690. The molecular weight excluding hydrogens is 304 g/mol. The van der Waals surface area contributed by atoms with Crippen molar-refractivity contribution >= 4 is 5.91 Å². The summed E-state index contributed by atoms with van der Waals surface area (Å²) in [6, 6.07) is 0. The summed E-state index contributed by atoms with van der Waals surface area (Å²) in [5, 5.41) is 0. The number of rotatable bonds is 6. The second-order valence-electron chi connectivity index (χ2n) is 8.04. The molecule has 2 N–H and O–H groups in total. The van der Waals surface area contributed by atoms with Gasteiger partial charge in [-0.25, -0.2) is 0 Å². The number of ether oxygens (including phenoxy) is 1. The molecule has 2 rings (SSSR count). The third-order valence-corrected chi connectivity index (χ3v) is 5.12. The molecule has 2 saturated heterocycles. The fourth-order valence-corrected chi connectivity index (χ4v) is 3.49. The first-order valence-electron chi connectivity index (χ1n) is 9.47. The minimum atomic E-state index is 0.205. The first-order valence-corrected chi connectivity index (χ1v) is 9.47. The van der Waals surface area contributed by atoms with E-state index in [0.717, 1.165) is 65.3 Å². The van der Waals surface area contributed by atoms with Crippen LogP contribution in [0.4, 0.5) is 0 Å². The van der Waals surface area contributed by atoms with E-state index in [-0.39, 0.29) is 17.6 Å². The summed E-state index contributed by atoms with van der Waals surface area (Å²) in [5.41, 5.74) is 5.69. The van der Waals surface area contributed by atoms with Gasteiger partial charge in [0.15, 0.2) is 0 Å². The van der Waals surface area contributed by atoms with Gasteiger partial charge in [0, 0.05) is 57.8 Å². The molecule has 0 aromatic heterocycles. The Kier molecular flexibility index (Phi) is 7.47. The predicted molar refractivity (Wildman–Crippen MR) is 97.0 cm³/mol. The van der Waals surface area contributed by atoms with Crippen LogP contribution in [-0.4, -0.2) is 91.2 Å². The Morgan fingerprint density at radius 3 is 2.46 bits per heavy atom. The average Bonchev–Trinajstić information content (AvgIpc) is 2.55. The number of nitrogens with zero attached hydrogens (tertiary/aromatic N) is 3. The van der Waals surface area contributed by atoms with Crippen molar-refractivity contribution in [2.24, 2.45) is 5.73 Å². The molecule has 0 radical (unpaired) electrons. The molecule has 0 aromatic rings. The van der Waals surface area contributed by atoms with Gasteiger partial charge in [-0.05, 0) is 40.2 Å². The van der Waals surface area contributed by atoms with E-state index in [9.17, 15) is 4.79 Å². The largest absolute Gasteiger partial charge is 0.374 e. The molecule has 1 unspecified atom stereocenters. The lowest BCUT2D eigenvalue weighted by atomic mass is 10.0. The van der Waals surface area contributed by atoms with E-state index in [1.165, 1.54) is 0 Å². The van der Waals surface area contributed by atoms with E-state index in [4.69, 9.17) is 10.5 Å². The van der Waals surface area contributed by atoms with Gasteiger partial charge in [0.25, 0.3) is 0 Å². The Morgan fingerprint density at radius 1 is 1.12 bits per heavy atom. The molecule has 6 nitrogen and oxygen atoms in total. The summed E-state index contributed by atoms with van der Waals surface area (Å²) in [4.78, 5) is 19.1. The Balaban J connectivity index is 1.70. The number of carbonyl (C=O) groups excluding carboxylic acids is 1. The minimum Gasteiger partial charge on any atom is -0.374 e. The lowest BCUT2D eigenvalue weighted by Gasteiger charge is -2.43. The highest BCUT2D eigenvalue weighted by Gasteiger charge is 2.30. The number of amides is 1. The van der Waals surface area contributed by atoms with E-state index in [1.807, 2.05) is 4.90 Å². The number of nitrogens with two attached hydrogens (primary N) is 1. The lowest BCUT2D eigenvalue weighted by Crippen LogP contribution is -2.56. The number of piperazine rings is 1. The Bertz CT molecular complexity index is 389. The third kappa shape index (κ3) is 5.99. The van der Waals surface area contributed by atoms with Crippen LogP contribution in [0.1, 0.15) is 40.0 Å². The second kappa shape index (κ2) is 9.13. The molecule has 0 aromatic carbocycles. The highest BCUT2D eigenvalue weighted by atomic mass is 16.5. The van der Waals surface area contributed by atoms with Crippen LogP contribution in [0.3, 0.4) is 0 Å². The summed E-state index contributed by atoms with van der Waals surface area (Å²) in [5.74, 6) is 0.288. The van der Waals surface area contributed by atoms with Crippen LogP contribution >= 0.6 is 0 Å². The van der Waals surface area contributed by atoms with E-state index < -0.39 is 0 Å². The fraction of sp³-hybridized carbons (Fsp3) is 0.944. The van der Waals surface area contributed by atoms with Crippen molar-refractivity contribution in [2.45, 2.75) is 51.7 Å². The predicted octanol–water partition coefficient (Wildman–Crippen LogP) is 0.759. The number of morpholine rings is 1. The van der Waals surface area contributed by atoms with Gasteiger partial charge in [-0.2, -0.15) is 0 Å². The number of hydrogen-bond donors (Lipinski definition) is 1. The van der Waals surface area contributed by atoms with Crippen LogP contribution < -0.4 is 5.73 Å². The zero-order valence-corrected chi connectivity index (χ0v) is 15.8. The van der Waals surface area contributed by atoms with Crippen LogP contribution in [-0.2, 0) is 9.53 Å². The van der Waals surface area contributed by atoms with Crippen LogP contribution in [0.5, 0.6) is 0 Å². The first-order chi connectivity index (χ1) is 11.4. The molecule has 2 heterocycles. The van der Waals surface area contributed by atoms with Gasteiger partial charge >= 0.3 is 0 Å².